The number of aliphatic hydroxyl groups is 1. The van der Waals surface area contributed by atoms with Crippen LogP contribution in [0.4, 0.5) is 0 Å². The van der Waals surface area contributed by atoms with Crippen molar-refractivity contribution in [2.75, 3.05) is 19.8 Å². The fourth-order valence-corrected chi connectivity index (χ4v) is 5.08. The molecule has 0 saturated carbocycles. The van der Waals surface area contributed by atoms with Crippen LogP contribution < -0.4 is 59.1 Å². The average Bonchev–Trinajstić information content (AvgIpc) is 2.97. The molecule has 0 aromatic carbocycles. The molecule has 0 aliphatic carbocycles. The van der Waals surface area contributed by atoms with Crippen LogP contribution in [0.2, 0.25) is 0 Å². The van der Waals surface area contributed by atoms with Crippen molar-refractivity contribution in [2.45, 2.75) is 213 Å². The molecule has 0 unspecified atom stereocenters. The van der Waals surface area contributed by atoms with Crippen molar-refractivity contribution in [1.29, 1.82) is 0 Å². The van der Waals surface area contributed by atoms with Crippen molar-refractivity contribution in [3.63, 3.8) is 0 Å². The monoisotopic (exact) mass is 683 g/mol. The molecule has 0 radical (unpaired) electrons. The molecule has 0 bridgehead atoms. The van der Waals surface area contributed by atoms with Crippen molar-refractivity contribution in [1.82, 2.24) is 0 Å². The van der Waals surface area contributed by atoms with Crippen molar-refractivity contribution < 1.29 is 86.5 Å². The molecule has 264 valence electrons. The van der Waals surface area contributed by atoms with Gasteiger partial charge in [-0.05, 0) is 19.3 Å². The Morgan fingerprint density at radius 2 is 0.578 bits per heavy atom. The molecule has 9 heteroatoms. The largest absolute Gasteiger partial charge is 1.00 e. The van der Waals surface area contributed by atoms with Gasteiger partial charge in [0.25, 0.3) is 0 Å². The first-order chi connectivity index (χ1) is 20.8. The Balaban J connectivity index is -0.000000223. The number of hydrogen-bond donors (Lipinski definition) is 1. The molecule has 0 saturated heterocycles. The van der Waals surface area contributed by atoms with Crippen molar-refractivity contribution in [2.24, 2.45) is 0 Å². The minimum atomic E-state index is -5.17. The number of aliphatic hydroxyl groups excluding tert-OH is 1. The molecule has 6 nitrogen and oxygen atoms in total. The minimum Gasteiger partial charge on any atom is -0.759 e. The van der Waals surface area contributed by atoms with Gasteiger partial charge in [-0.15, -0.1) is 0 Å². The van der Waals surface area contributed by atoms with E-state index in [1.807, 2.05) is 0 Å². The van der Waals surface area contributed by atoms with E-state index in [0.717, 1.165) is 19.6 Å². The summed E-state index contributed by atoms with van der Waals surface area (Å²) in [4.78, 5) is 0. The quantitative estimate of drug-likeness (QED) is 0.0440. The predicted octanol–water partition coefficient (Wildman–Crippen LogP) is 5.41. The Morgan fingerprint density at radius 3 is 0.778 bits per heavy atom. The fourth-order valence-electron chi connectivity index (χ4n) is 5.08. The molecule has 0 amide bonds. The van der Waals surface area contributed by atoms with E-state index in [0.29, 0.717) is 6.61 Å². The zero-order valence-corrected chi connectivity index (χ0v) is 36.0. The minimum absolute atomic E-state index is 0. The van der Waals surface area contributed by atoms with Gasteiger partial charge in [-0.3, -0.25) is 8.42 Å². The summed E-state index contributed by atoms with van der Waals surface area (Å²) in [5.41, 5.74) is 0. The Labute approximate surface area is 327 Å². The normalized spacial score (nSPS) is 10.6. The van der Waals surface area contributed by atoms with E-state index in [-0.39, 0.29) is 59.1 Å². The first-order valence-corrected chi connectivity index (χ1v) is 20.0. The summed E-state index contributed by atoms with van der Waals surface area (Å²) in [6.45, 7) is 9.20. The number of unbranched alkanes of at least 4 members (excludes halogenated alkanes) is 27. The maximum absolute atomic E-state index is 8.57. The molecular weight excluding hydrogens is 606 g/mol. The molecule has 0 rings (SSSR count). The zero-order valence-electron chi connectivity index (χ0n) is 31.2. The SMILES string of the molecule is CCCCCCCCCCCCO.CCCCCCCCCCCCOCCCCCCCCCCCC.O=S(=O)([O-])[O-].[Na+].[Na+]. The summed E-state index contributed by atoms with van der Waals surface area (Å²) in [5, 5.41) is 8.57. The summed E-state index contributed by atoms with van der Waals surface area (Å²) in [6.07, 6.45) is 41.5. The summed E-state index contributed by atoms with van der Waals surface area (Å²) < 4.78 is 39.9. The molecule has 0 spiro atoms. The second-order valence-corrected chi connectivity index (χ2v) is 13.1. The van der Waals surface area contributed by atoms with E-state index < -0.39 is 10.4 Å². The van der Waals surface area contributed by atoms with Crippen molar-refractivity contribution in [3.05, 3.63) is 0 Å². The van der Waals surface area contributed by atoms with E-state index >= 15 is 0 Å². The first kappa shape index (κ1) is 56.2. The molecule has 0 atom stereocenters. The Bertz CT molecular complexity index is 528. The van der Waals surface area contributed by atoms with Gasteiger partial charge in [0.05, 0.1) is 0 Å². The van der Waals surface area contributed by atoms with Crippen LogP contribution in [-0.4, -0.2) is 42.5 Å². The van der Waals surface area contributed by atoms with E-state index in [1.165, 1.54) is 186 Å². The Hall–Kier alpha value is 1.79. The van der Waals surface area contributed by atoms with Gasteiger partial charge in [-0.2, -0.15) is 0 Å². The van der Waals surface area contributed by atoms with E-state index in [9.17, 15) is 0 Å². The van der Waals surface area contributed by atoms with Gasteiger partial charge >= 0.3 is 59.1 Å². The predicted molar refractivity (Wildman–Crippen MR) is 184 cm³/mol. The number of rotatable bonds is 32. The van der Waals surface area contributed by atoms with Gasteiger partial charge in [0.2, 0.25) is 0 Å². The maximum atomic E-state index is 8.57. The van der Waals surface area contributed by atoms with E-state index in [2.05, 4.69) is 20.8 Å². The summed E-state index contributed by atoms with van der Waals surface area (Å²) >= 11 is 0. The Kier molecular flexibility index (Phi) is 65.7. The third kappa shape index (κ3) is 76.9. The van der Waals surface area contributed by atoms with Crippen molar-refractivity contribution in [3.8, 4) is 0 Å². The molecule has 0 aliphatic rings. The second kappa shape index (κ2) is 52.6. The number of ether oxygens (including phenoxy) is 1. The third-order valence-corrected chi connectivity index (χ3v) is 7.80. The molecule has 0 heterocycles. The molecule has 0 aromatic heterocycles. The molecule has 1 N–H and O–H groups in total. The van der Waals surface area contributed by atoms with Crippen LogP contribution in [0.15, 0.2) is 0 Å². The molecule has 45 heavy (non-hydrogen) atoms. The maximum Gasteiger partial charge on any atom is 1.00 e. The van der Waals surface area contributed by atoms with Gasteiger partial charge in [0.1, 0.15) is 0 Å². The van der Waals surface area contributed by atoms with Crippen molar-refractivity contribution >= 4 is 10.4 Å². The average molecular weight is 683 g/mol. The smallest absolute Gasteiger partial charge is 0.759 e. The van der Waals surface area contributed by atoms with Crippen LogP contribution in [0.5, 0.6) is 0 Å². The van der Waals surface area contributed by atoms with Crippen LogP contribution >= 0.6 is 0 Å². The second-order valence-electron chi connectivity index (χ2n) is 12.3. The van der Waals surface area contributed by atoms with Crippen LogP contribution in [0, 0.1) is 0 Å². The molecular formula is C36H76Na2O6S. The van der Waals surface area contributed by atoms with Crippen LogP contribution in [0.1, 0.15) is 213 Å². The van der Waals surface area contributed by atoms with E-state index in [1.54, 1.807) is 0 Å². The molecule has 0 fully saturated rings. The molecule has 0 aromatic rings. The topological polar surface area (TPSA) is 110 Å². The third-order valence-electron chi connectivity index (χ3n) is 7.80. The molecule has 0 aliphatic heterocycles. The summed E-state index contributed by atoms with van der Waals surface area (Å²) in [6, 6.07) is 0. The van der Waals surface area contributed by atoms with Gasteiger partial charge in [0.15, 0.2) is 0 Å². The van der Waals surface area contributed by atoms with Crippen LogP contribution in [0.25, 0.3) is 0 Å². The van der Waals surface area contributed by atoms with Crippen LogP contribution in [0.3, 0.4) is 0 Å². The van der Waals surface area contributed by atoms with Crippen LogP contribution in [-0.2, 0) is 15.1 Å². The standard InChI is InChI=1S/C24H50O.C12H26O.2Na.H2O4S/c1-3-5-7-9-11-13-15-17-19-21-23-25-24-22-20-18-16-14-12-10-8-6-4-2;1-2-3-4-5-6-7-8-9-10-11-12-13;;;1-5(2,3)4/h3-24H2,1-2H3;13H,2-12H2,1H3;;;(H2,1,2,3,4)/q;;2*+1;/p-2. The summed E-state index contributed by atoms with van der Waals surface area (Å²) in [5.74, 6) is 0. The Morgan fingerprint density at radius 1 is 0.400 bits per heavy atom. The van der Waals surface area contributed by atoms with Gasteiger partial charge < -0.3 is 18.9 Å². The first-order valence-electron chi connectivity index (χ1n) is 18.7. The zero-order chi connectivity index (χ0) is 32.5. The van der Waals surface area contributed by atoms with Gasteiger partial charge in [0, 0.05) is 30.2 Å². The number of hydrogen-bond acceptors (Lipinski definition) is 6. The van der Waals surface area contributed by atoms with Gasteiger partial charge in [-0.25, -0.2) is 0 Å². The van der Waals surface area contributed by atoms with Gasteiger partial charge in [-0.1, -0.05) is 194 Å². The fraction of sp³-hybridized carbons (Fsp3) is 1.00. The summed E-state index contributed by atoms with van der Waals surface area (Å²) in [7, 11) is -5.17. The van der Waals surface area contributed by atoms with E-state index in [4.69, 9.17) is 27.4 Å².